The number of hydrogen-bond donors (Lipinski definition) is 2. The van der Waals surface area contributed by atoms with Crippen molar-refractivity contribution in [2.24, 2.45) is 0 Å². The lowest BCUT2D eigenvalue weighted by molar-refractivity contribution is 0.405. The van der Waals surface area contributed by atoms with Crippen LogP contribution in [-0.4, -0.2) is 10.2 Å². The fraction of sp³-hybridized carbons (Fsp3) is 0. The highest BCUT2D eigenvalue weighted by Gasteiger charge is 2.10. The molecule has 0 saturated heterocycles. The van der Waals surface area contributed by atoms with Crippen LogP contribution in [0, 0.1) is 0 Å². The van der Waals surface area contributed by atoms with E-state index in [1.807, 2.05) is 42.5 Å². The smallest absolute Gasteiger partial charge is 0.165 e. The summed E-state index contributed by atoms with van der Waals surface area (Å²) in [4.78, 5) is 0. The van der Waals surface area contributed by atoms with E-state index in [-0.39, 0.29) is 11.5 Å². The molecule has 0 heterocycles. The molecule has 0 amide bonds. The van der Waals surface area contributed by atoms with Crippen molar-refractivity contribution >= 4 is 10.8 Å². The Morgan fingerprint density at radius 2 is 1.28 bits per heavy atom. The first kappa shape index (κ1) is 10.7. The second-order valence-electron chi connectivity index (χ2n) is 4.20. The maximum atomic E-state index is 9.96. The Morgan fingerprint density at radius 1 is 0.611 bits per heavy atom. The third-order valence-electron chi connectivity index (χ3n) is 3.09. The minimum atomic E-state index is -0.0968. The topological polar surface area (TPSA) is 40.5 Å². The molecule has 0 aliphatic carbocycles. The van der Waals surface area contributed by atoms with E-state index in [1.54, 1.807) is 12.1 Å². The summed E-state index contributed by atoms with van der Waals surface area (Å²) in [6.45, 7) is 0. The molecule has 2 heteroatoms. The molecule has 0 aromatic heterocycles. The number of phenols is 2. The zero-order valence-corrected chi connectivity index (χ0v) is 9.67. The Bertz CT molecular complexity index is 712. The van der Waals surface area contributed by atoms with Crippen LogP contribution in [0.5, 0.6) is 11.5 Å². The van der Waals surface area contributed by atoms with Crippen molar-refractivity contribution in [2.45, 2.75) is 0 Å². The van der Waals surface area contributed by atoms with Crippen molar-refractivity contribution in [3.8, 4) is 22.6 Å². The summed E-state index contributed by atoms with van der Waals surface area (Å²) in [7, 11) is 0. The second-order valence-corrected chi connectivity index (χ2v) is 4.20. The minimum Gasteiger partial charge on any atom is -0.504 e. The lowest BCUT2D eigenvalue weighted by Gasteiger charge is -2.09. The zero-order chi connectivity index (χ0) is 12.5. The standard InChI is InChI=1S/C16H12O2/c17-15-10-4-9-14(16(15)18)13-8-3-6-11-5-1-2-7-12(11)13/h1-10,17-18H. The van der Waals surface area contributed by atoms with Crippen molar-refractivity contribution in [3.05, 3.63) is 60.7 Å². The van der Waals surface area contributed by atoms with Gasteiger partial charge < -0.3 is 10.2 Å². The number of phenolic OH excluding ortho intramolecular Hbond substituents is 2. The molecule has 0 aliphatic rings. The Labute approximate surface area is 105 Å². The predicted molar refractivity (Wildman–Crippen MR) is 72.7 cm³/mol. The van der Waals surface area contributed by atoms with Crippen molar-refractivity contribution in [1.29, 1.82) is 0 Å². The highest BCUT2D eigenvalue weighted by atomic mass is 16.3. The van der Waals surface area contributed by atoms with Gasteiger partial charge in [0.1, 0.15) is 0 Å². The summed E-state index contributed by atoms with van der Waals surface area (Å²) in [6, 6.07) is 18.9. The van der Waals surface area contributed by atoms with Crippen molar-refractivity contribution in [2.75, 3.05) is 0 Å². The van der Waals surface area contributed by atoms with Gasteiger partial charge in [-0.15, -0.1) is 0 Å². The lowest BCUT2D eigenvalue weighted by atomic mass is 9.97. The molecule has 18 heavy (non-hydrogen) atoms. The van der Waals surface area contributed by atoms with Gasteiger partial charge in [0.15, 0.2) is 11.5 Å². The maximum absolute atomic E-state index is 9.96. The highest BCUT2D eigenvalue weighted by molar-refractivity contribution is 5.98. The number of fused-ring (bicyclic) bond motifs is 1. The number of benzene rings is 3. The van der Waals surface area contributed by atoms with Crippen LogP contribution in [0.15, 0.2) is 60.7 Å². The molecule has 0 saturated carbocycles. The van der Waals surface area contributed by atoms with Gasteiger partial charge in [-0.2, -0.15) is 0 Å². The third-order valence-corrected chi connectivity index (χ3v) is 3.09. The summed E-state index contributed by atoms with van der Waals surface area (Å²) < 4.78 is 0. The first-order chi connectivity index (χ1) is 8.77. The van der Waals surface area contributed by atoms with E-state index in [0.717, 1.165) is 16.3 Å². The molecule has 3 rings (SSSR count). The highest BCUT2D eigenvalue weighted by Crippen LogP contribution is 2.38. The average molecular weight is 236 g/mol. The largest absolute Gasteiger partial charge is 0.504 e. The van der Waals surface area contributed by atoms with Gasteiger partial charge in [0, 0.05) is 5.56 Å². The Hall–Kier alpha value is -2.48. The summed E-state index contributed by atoms with van der Waals surface area (Å²) >= 11 is 0. The molecule has 0 unspecified atom stereocenters. The van der Waals surface area contributed by atoms with Gasteiger partial charge in [0.2, 0.25) is 0 Å². The quantitative estimate of drug-likeness (QED) is 0.629. The molecule has 0 spiro atoms. The van der Waals surface area contributed by atoms with Crippen LogP contribution in [-0.2, 0) is 0 Å². The number of aromatic hydroxyl groups is 2. The molecular formula is C16H12O2. The Kier molecular flexibility index (Phi) is 2.41. The minimum absolute atomic E-state index is 0.0751. The normalized spacial score (nSPS) is 10.7. The molecule has 0 bridgehead atoms. The molecule has 0 aliphatic heterocycles. The number of rotatable bonds is 1. The van der Waals surface area contributed by atoms with Crippen molar-refractivity contribution in [3.63, 3.8) is 0 Å². The van der Waals surface area contributed by atoms with Crippen LogP contribution in [0.1, 0.15) is 0 Å². The van der Waals surface area contributed by atoms with E-state index >= 15 is 0 Å². The Morgan fingerprint density at radius 3 is 2.17 bits per heavy atom. The molecule has 0 radical (unpaired) electrons. The monoisotopic (exact) mass is 236 g/mol. The van der Waals surface area contributed by atoms with Crippen LogP contribution >= 0.6 is 0 Å². The van der Waals surface area contributed by atoms with E-state index in [1.165, 1.54) is 6.07 Å². The van der Waals surface area contributed by atoms with Gasteiger partial charge in [-0.05, 0) is 22.4 Å². The van der Waals surface area contributed by atoms with Gasteiger partial charge in [0.05, 0.1) is 0 Å². The van der Waals surface area contributed by atoms with E-state index < -0.39 is 0 Å². The first-order valence-electron chi connectivity index (χ1n) is 5.76. The Balaban J connectivity index is 2.35. The van der Waals surface area contributed by atoms with E-state index in [2.05, 4.69) is 0 Å². The molecule has 0 atom stereocenters. The molecule has 3 aromatic rings. The average Bonchev–Trinajstić information content (AvgIpc) is 2.41. The summed E-state index contributed by atoms with van der Waals surface area (Å²) in [6.07, 6.45) is 0. The van der Waals surface area contributed by atoms with Gasteiger partial charge in [0.25, 0.3) is 0 Å². The first-order valence-corrected chi connectivity index (χ1v) is 5.76. The van der Waals surface area contributed by atoms with Crippen LogP contribution in [0.2, 0.25) is 0 Å². The summed E-state index contributed by atoms with van der Waals surface area (Å²) in [5.74, 6) is -0.172. The predicted octanol–water partition coefficient (Wildman–Crippen LogP) is 3.92. The zero-order valence-electron chi connectivity index (χ0n) is 9.67. The van der Waals surface area contributed by atoms with E-state index in [4.69, 9.17) is 0 Å². The molecule has 88 valence electrons. The van der Waals surface area contributed by atoms with E-state index in [0.29, 0.717) is 5.56 Å². The third kappa shape index (κ3) is 1.59. The van der Waals surface area contributed by atoms with Crippen LogP contribution in [0.25, 0.3) is 21.9 Å². The second kappa shape index (κ2) is 4.08. The van der Waals surface area contributed by atoms with Gasteiger partial charge >= 0.3 is 0 Å². The number of para-hydroxylation sites is 1. The van der Waals surface area contributed by atoms with E-state index in [9.17, 15) is 10.2 Å². The summed E-state index contributed by atoms with van der Waals surface area (Å²) in [5, 5.41) is 21.7. The van der Waals surface area contributed by atoms with Crippen LogP contribution in [0.3, 0.4) is 0 Å². The van der Waals surface area contributed by atoms with Crippen LogP contribution in [0.4, 0.5) is 0 Å². The van der Waals surface area contributed by atoms with Crippen LogP contribution < -0.4 is 0 Å². The fourth-order valence-electron chi connectivity index (χ4n) is 2.21. The maximum Gasteiger partial charge on any atom is 0.165 e. The fourth-order valence-corrected chi connectivity index (χ4v) is 2.21. The molecule has 2 nitrogen and oxygen atoms in total. The van der Waals surface area contributed by atoms with Crippen molar-refractivity contribution in [1.82, 2.24) is 0 Å². The molecule has 0 fully saturated rings. The van der Waals surface area contributed by atoms with Gasteiger partial charge in [-0.3, -0.25) is 0 Å². The molecule has 3 aromatic carbocycles. The van der Waals surface area contributed by atoms with Gasteiger partial charge in [-0.1, -0.05) is 54.6 Å². The van der Waals surface area contributed by atoms with Crippen molar-refractivity contribution < 1.29 is 10.2 Å². The summed E-state index contributed by atoms with van der Waals surface area (Å²) in [5.41, 5.74) is 1.56. The lowest BCUT2D eigenvalue weighted by Crippen LogP contribution is -1.82. The SMILES string of the molecule is Oc1cccc(-c2cccc3ccccc23)c1O. The molecule has 2 N–H and O–H groups in total. The van der Waals surface area contributed by atoms with Gasteiger partial charge in [-0.25, -0.2) is 0 Å². The number of hydrogen-bond acceptors (Lipinski definition) is 2. The molecular weight excluding hydrogens is 224 g/mol.